The maximum atomic E-state index is 14.3. The molecule has 0 saturated carbocycles. The van der Waals surface area contributed by atoms with E-state index in [0.717, 1.165) is 18.4 Å². The molecule has 6 atom stereocenters. The number of ether oxygens (including phenoxy) is 2. The average molecular weight is 580 g/mol. The van der Waals surface area contributed by atoms with Crippen LogP contribution in [0.2, 0.25) is 0 Å². The SMILES string of the molecule is CCCCN1C/C=C\CCC(=O)NC[C@@H](c2ccccc2)OC(=O)[C@@H]2[C@@H]3C=C[C@]4(O3)[C@H](C1=O)N(CCCCO)C(=O)[C@@H]24. The second-order valence-electron chi connectivity index (χ2n) is 11.5. The van der Waals surface area contributed by atoms with Gasteiger partial charge in [-0.05, 0) is 31.2 Å². The highest BCUT2D eigenvalue weighted by atomic mass is 16.6. The Balaban J connectivity index is 1.53. The van der Waals surface area contributed by atoms with Crippen molar-refractivity contribution in [2.24, 2.45) is 11.8 Å². The van der Waals surface area contributed by atoms with E-state index in [2.05, 4.69) is 12.2 Å². The van der Waals surface area contributed by atoms with Gasteiger partial charge in [0.25, 0.3) is 0 Å². The summed E-state index contributed by atoms with van der Waals surface area (Å²) < 4.78 is 12.5. The van der Waals surface area contributed by atoms with E-state index < -0.39 is 41.7 Å². The predicted octanol–water partition coefficient (Wildman–Crippen LogP) is 2.29. The van der Waals surface area contributed by atoms with Gasteiger partial charge >= 0.3 is 5.97 Å². The zero-order valence-corrected chi connectivity index (χ0v) is 24.2. The topological polar surface area (TPSA) is 125 Å². The first-order chi connectivity index (χ1) is 20.4. The number of hydrogen-bond acceptors (Lipinski definition) is 7. The summed E-state index contributed by atoms with van der Waals surface area (Å²) in [5.74, 6) is -3.13. The van der Waals surface area contributed by atoms with E-state index in [0.29, 0.717) is 32.4 Å². The number of esters is 1. The van der Waals surface area contributed by atoms with Crippen molar-refractivity contribution in [1.82, 2.24) is 15.1 Å². The van der Waals surface area contributed by atoms with Crippen LogP contribution in [0.4, 0.5) is 0 Å². The van der Waals surface area contributed by atoms with Crippen molar-refractivity contribution in [1.29, 1.82) is 0 Å². The number of aliphatic hydroxyl groups excluding tert-OH is 1. The van der Waals surface area contributed by atoms with Gasteiger partial charge in [0.15, 0.2) is 0 Å². The van der Waals surface area contributed by atoms with Gasteiger partial charge in [-0.1, -0.05) is 68.0 Å². The molecule has 42 heavy (non-hydrogen) atoms. The van der Waals surface area contributed by atoms with Crippen molar-refractivity contribution < 1.29 is 33.8 Å². The minimum Gasteiger partial charge on any atom is -0.455 e. The summed E-state index contributed by atoms with van der Waals surface area (Å²) >= 11 is 0. The molecule has 1 aromatic rings. The molecule has 2 saturated heterocycles. The number of hydrogen-bond donors (Lipinski definition) is 2. The van der Waals surface area contributed by atoms with Crippen LogP contribution in [0.1, 0.15) is 57.1 Å². The van der Waals surface area contributed by atoms with Crippen molar-refractivity contribution in [3.63, 3.8) is 0 Å². The average Bonchev–Trinajstić information content (AvgIpc) is 3.64. The molecular weight excluding hydrogens is 538 g/mol. The number of likely N-dealkylation sites (tertiary alicyclic amines) is 1. The van der Waals surface area contributed by atoms with Gasteiger partial charge in [-0.3, -0.25) is 19.2 Å². The number of rotatable bonds is 8. The van der Waals surface area contributed by atoms with E-state index in [4.69, 9.17) is 9.47 Å². The molecule has 0 radical (unpaired) electrons. The minimum atomic E-state index is -1.28. The van der Waals surface area contributed by atoms with E-state index in [9.17, 15) is 24.3 Å². The third-order valence-electron chi connectivity index (χ3n) is 8.73. The minimum absolute atomic E-state index is 0.0204. The second kappa shape index (κ2) is 13.2. The molecule has 226 valence electrons. The smallest absolute Gasteiger partial charge is 0.313 e. The van der Waals surface area contributed by atoms with Gasteiger partial charge < -0.3 is 29.7 Å². The van der Waals surface area contributed by atoms with Crippen LogP contribution in [0, 0.1) is 11.8 Å². The summed E-state index contributed by atoms with van der Waals surface area (Å²) in [7, 11) is 0. The Bertz CT molecular complexity index is 1220. The molecule has 5 bridgehead atoms. The Labute approximate surface area is 246 Å². The number of nitrogens with one attached hydrogen (secondary N) is 1. The molecule has 4 aliphatic heterocycles. The summed E-state index contributed by atoms with van der Waals surface area (Å²) in [6.45, 7) is 3.24. The zero-order chi connectivity index (χ0) is 29.7. The van der Waals surface area contributed by atoms with Crippen LogP contribution in [0.3, 0.4) is 0 Å². The summed E-state index contributed by atoms with van der Waals surface area (Å²) in [4.78, 5) is 58.3. The van der Waals surface area contributed by atoms with Gasteiger partial charge in [-0.25, -0.2) is 0 Å². The molecule has 0 aliphatic carbocycles. The maximum Gasteiger partial charge on any atom is 0.313 e. The van der Waals surface area contributed by atoms with Gasteiger partial charge in [0.1, 0.15) is 23.7 Å². The lowest BCUT2D eigenvalue weighted by atomic mass is 9.74. The molecule has 4 aliphatic rings. The first kappa shape index (κ1) is 30.0. The maximum absolute atomic E-state index is 14.3. The summed E-state index contributed by atoms with van der Waals surface area (Å²) in [5.41, 5.74) is -0.554. The summed E-state index contributed by atoms with van der Waals surface area (Å²) in [5, 5.41) is 12.3. The Kier molecular flexibility index (Phi) is 9.43. The van der Waals surface area contributed by atoms with Crippen LogP contribution >= 0.6 is 0 Å². The Hall–Kier alpha value is -3.50. The van der Waals surface area contributed by atoms with Gasteiger partial charge in [-0.2, -0.15) is 0 Å². The van der Waals surface area contributed by atoms with Crippen LogP contribution in [-0.2, 0) is 28.7 Å². The van der Waals surface area contributed by atoms with Crippen molar-refractivity contribution in [2.75, 3.05) is 32.8 Å². The first-order valence-corrected chi connectivity index (χ1v) is 15.2. The number of aliphatic hydroxyl groups is 1. The highest BCUT2D eigenvalue weighted by Gasteiger charge is 2.73. The molecule has 5 rings (SSSR count). The zero-order valence-electron chi connectivity index (χ0n) is 24.2. The Morgan fingerprint density at radius 1 is 1.02 bits per heavy atom. The van der Waals surface area contributed by atoms with E-state index in [1.54, 1.807) is 22.0 Å². The Morgan fingerprint density at radius 3 is 2.60 bits per heavy atom. The van der Waals surface area contributed by atoms with E-state index in [1.807, 2.05) is 42.5 Å². The van der Waals surface area contributed by atoms with Crippen molar-refractivity contribution in [3.05, 3.63) is 60.2 Å². The molecule has 4 heterocycles. The number of allylic oxidation sites excluding steroid dienone is 1. The number of nitrogens with zero attached hydrogens (tertiary/aromatic N) is 2. The second-order valence-corrected chi connectivity index (χ2v) is 11.5. The quantitative estimate of drug-likeness (QED) is 0.275. The lowest BCUT2D eigenvalue weighted by molar-refractivity contribution is -0.159. The number of unbranched alkanes of at least 4 members (excludes halogenated alkanes) is 2. The third kappa shape index (κ3) is 5.74. The van der Waals surface area contributed by atoms with Crippen LogP contribution in [0.25, 0.3) is 0 Å². The summed E-state index contributed by atoms with van der Waals surface area (Å²) in [6.07, 6.45) is 9.35. The van der Waals surface area contributed by atoms with Crippen LogP contribution < -0.4 is 5.32 Å². The molecule has 1 aromatic carbocycles. The molecule has 10 nitrogen and oxygen atoms in total. The lowest BCUT2D eigenvalue weighted by Crippen LogP contribution is -2.56. The molecular formula is C32H41N3O7. The molecule has 0 unspecified atom stereocenters. The molecule has 1 spiro atoms. The largest absolute Gasteiger partial charge is 0.455 e. The van der Waals surface area contributed by atoms with Crippen molar-refractivity contribution in [2.45, 2.75) is 69.3 Å². The number of benzene rings is 1. The predicted molar refractivity (Wildman–Crippen MR) is 154 cm³/mol. The molecule has 2 fully saturated rings. The fourth-order valence-corrected chi connectivity index (χ4v) is 6.61. The van der Waals surface area contributed by atoms with Crippen LogP contribution in [0.5, 0.6) is 0 Å². The van der Waals surface area contributed by atoms with Crippen LogP contribution in [-0.4, -0.2) is 89.1 Å². The van der Waals surface area contributed by atoms with Crippen molar-refractivity contribution >= 4 is 23.7 Å². The monoisotopic (exact) mass is 579 g/mol. The fourth-order valence-electron chi connectivity index (χ4n) is 6.61. The molecule has 10 heteroatoms. The number of carbonyl (C=O) groups is 4. The van der Waals surface area contributed by atoms with Crippen molar-refractivity contribution in [3.8, 4) is 0 Å². The normalized spacial score (nSPS) is 32.2. The third-order valence-corrected chi connectivity index (χ3v) is 8.73. The van der Waals surface area contributed by atoms with Gasteiger partial charge in [-0.15, -0.1) is 0 Å². The number of carbonyl (C=O) groups excluding carboxylic acids is 4. The van der Waals surface area contributed by atoms with Gasteiger partial charge in [0.05, 0.1) is 18.6 Å². The number of amides is 3. The molecule has 2 N–H and O–H groups in total. The van der Waals surface area contributed by atoms with E-state index in [-0.39, 0.29) is 43.8 Å². The molecule has 0 aromatic heterocycles. The fraction of sp³-hybridized carbons (Fsp3) is 0.562. The standard InChI is InChI=1S/C32H41N3O7/c1-2-3-17-34-18-9-5-8-14-25(37)33-21-24(22-12-6-4-7-13-22)41-31(40)26-23-15-16-32(42-23)27(26)29(38)35(19-10-11-20-36)28(32)30(34)39/h4-7,9,12-13,15-16,23-24,26-28,36H,2-3,8,10-11,14,17-21H2,1H3,(H,33,37)/b9-5-/t23-,24-,26+,27+,28-,32+/m0/s1. The summed E-state index contributed by atoms with van der Waals surface area (Å²) in [6, 6.07) is 8.26. The highest BCUT2D eigenvalue weighted by molar-refractivity contribution is 5.99. The van der Waals surface area contributed by atoms with Crippen LogP contribution in [0.15, 0.2) is 54.6 Å². The molecule has 3 amide bonds. The highest BCUT2D eigenvalue weighted by Crippen LogP contribution is 2.55. The van der Waals surface area contributed by atoms with Gasteiger partial charge in [0.2, 0.25) is 17.7 Å². The van der Waals surface area contributed by atoms with E-state index >= 15 is 0 Å². The lowest BCUT2D eigenvalue weighted by Gasteiger charge is -2.36. The number of fused-ring (bicyclic) bond motifs is 2. The van der Waals surface area contributed by atoms with E-state index in [1.165, 1.54) is 0 Å². The Morgan fingerprint density at radius 2 is 1.83 bits per heavy atom. The first-order valence-electron chi connectivity index (χ1n) is 15.2. The number of cyclic esters (lactones) is 1. The van der Waals surface area contributed by atoms with Gasteiger partial charge in [0, 0.05) is 32.7 Å².